The van der Waals surface area contributed by atoms with Crippen molar-refractivity contribution in [3.63, 3.8) is 0 Å². The topological polar surface area (TPSA) is 76.2 Å². The van der Waals surface area contributed by atoms with Gasteiger partial charge in [-0.25, -0.2) is 0 Å². The molecule has 0 N–H and O–H groups in total. The first-order valence-corrected chi connectivity index (χ1v) is 9.88. The largest absolute Gasteiger partial charge is 0.454 e. The number of morpholine rings is 1. The fourth-order valence-corrected chi connectivity index (χ4v) is 5.79. The molecule has 3 aliphatic carbocycles. The van der Waals surface area contributed by atoms with Crippen molar-refractivity contribution in [2.45, 2.75) is 32.8 Å². The molecule has 8 heteroatoms. The summed E-state index contributed by atoms with van der Waals surface area (Å²) >= 11 is 0. The number of fused-ring (bicyclic) bond motifs is 1. The second kappa shape index (κ2) is 7.76. The van der Waals surface area contributed by atoms with Crippen LogP contribution in [0.15, 0.2) is 11.6 Å². The molecule has 0 radical (unpaired) electrons. The number of rotatable bonds is 4. The average molecular weight is 413 g/mol. The van der Waals surface area contributed by atoms with Crippen molar-refractivity contribution in [2.24, 2.45) is 23.7 Å². The molecule has 0 aromatic carbocycles. The fraction of sp³-hybridized carbons (Fsp3) is 0.750. The molecule has 2 aliphatic heterocycles. The number of amides is 2. The summed E-state index contributed by atoms with van der Waals surface area (Å²) in [5.41, 5.74) is 0.0855. The number of carbonyl (C=O) groups excluding carboxylic acids is 3. The zero-order valence-electron chi connectivity index (χ0n) is 16.7. The van der Waals surface area contributed by atoms with Crippen LogP contribution < -0.4 is 0 Å². The van der Waals surface area contributed by atoms with E-state index in [0.29, 0.717) is 32.7 Å². The van der Waals surface area contributed by atoms with Gasteiger partial charge >= 0.3 is 5.97 Å². The number of likely N-dealkylation sites (tertiary alicyclic amines) is 1. The van der Waals surface area contributed by atoms with Crippen LogP contribution in [0.1, 0.15) is 27.2 Å². The molecule has 2 saturated heterocycles. The number of hydrogen-bond acceptors (Lipinski definition) is 6. The van der Waals surface area contributed by atoms with Gasteiger partial charge in [-0.05, 0) is 31.3 Å². The lowest BCUT2D eigenvalue weighted by Crippen LogP contribution is -2.57. The second-order valence-corrected chi connectivity index (χ2v) is 8.43. The number of imide groups is 1. The van der Waals surface area contributed by atoms with Gasteiger partial charge < -0.3 is 9.47 Å². The molecule has 5 atom stereocenters. The summed E-state index contributed by atoms with van der Waals surface area (Å²) in [5, 5.41) is 0. The van der Waals surface area contributed by atoms with Gasteiger partial charge in [-0.2, -0.15) is 0 Å². The number of esters is 1. The first-order chi connectivity index (χ1) is 12.8. The second-order valence-electron chi connectivity index (χ2n) is 8.43. The van der Waals surface area contributed by atoms with E-state index in [-0.39, 0.29) is 36.1 Å². The smallest absolute Gasteiger partial charge is 0.303 e. The minimum absolute atomic E-state index is 0. The lowest BCUT2D eigenvalue weighted by Gasteiger charge is -2.52. The Morgan fingerprint density at radius 1 is 1.21 bits per heavy atom. The molecule has 1 saturated carbocycles. The third kappa shape index (κ3) is 3.27. The van der Waals surface area contributed by atoms with E-state index in [9.17, 15) is 14.4 Å². The first kappa shape index (κ1) is 21.3. The molecular weight excluding hydrogens is 384 g/mol. The van der Waals surface area contributed by atoms with Gasteiger partial charge in [-0.3, -0.25) is 24.2 Å². The molecule has 7 nitrogen and oxygen atoms in total. The van der Waals surface area contributed by atoms with Crippen molar-refractivity contribution in [2.75, 3.05) is 39.4 Å². The van der Waals surface area contributed by atoms with Gasteiger partial charge in [-0.1, -0.05) is 12.5 Å². The Kier molecular flexibility index (Phi) is 5.90. The van der Waals surface area contributed by atoms with Crippen LogP contribution in [0.2, 0.25) is 0 Å². The average Bonchev–Trinajstić information content (AvgIpc) is 2.85. The van der Waals surface area contributed by atoms with Crippen molar-refractivity contribution in [1.82, 2.24) is 9.80 Å². The van der Waals surface area contributed by atoms with Gasteiger partial charge in [-0.15, -0.1) is 12.4 Å². The van der Waals surface area contributed by atoms with Crippen molar-refractivity contribution >= 4 is 30.2 Å². The predicted molar refractivity (Wildman–Crippen MR) is 104 cm³/mol. The number of hydrogen-bond donors (Lipinski definition) is 0. The SMILES string of the molecule is CC(=O)OC12C=C(C)C(C(C)C1)C1C(=O)N(CCN3CCOCC3)C(=O)C12.Cl. The summed E-state index contributed by atoms with van der Waals surface area (Å²) in [6, 6.07) is 0. The maximum absolute atomic E-state index is 13.3. The maximum atomic E-state index is 13.3. The Bertz CT molecular complexity index is 705. The van der Waals surface area contributed by atoms with E-state index >= 15 is 0 Å². The summed E-state index contributed by atoms with van der Waals surface area (Å²) in [6.45, 7) is 9.51. The molecule has 0 spiro atoms. The van der Waals surface area contributed by atoms with Crippen LogP contribution in [0, 0.1) is 23.7 Å². The van der Waals surface area contributed by atoms with Crippen LogP contribution in [0.5, 0.6) is 0 Å². The van der Waals surface area contributed by atoms with Gasteiger partial charge in [0.1, 0.15) is 5.60 Å². The van der Waals surface area contributed by atoms with Crippen LogP contribution in [0.25, 0.3) is 0 Å². The number of allylic oxidation sites excluding steroid dienone is 1. The van der Waals surface area contributed by atoms with E-state index < -0.39 is 23.4 Å². The number of carbonyl (C=O) groups is 3. The van der Waals surface area contributed by atoms with Gasteiger partial charge in [0.05, 0.1) is 25.0 Å². The molecule has 5 rings (SSSR count). The summed E-state index contributed by atoms with van der Waals surface area (Å²) < 4.78 is 11.1. The molecule has 3 fully saturated rings. The Hall–Kier alpha value is -1.44. The summed E-state index contributed by atoms with van der Waals surface area (Å²) in [5.74, 6) is -1.42. The van der Waals surface area contributed by atoms with Crippen LogP contribution in [0.4, 0.5) is 0 Å². The Morgan fingerprint density at radius 2 is 1.89 bits per heavy atom. The van der Waals surface area contributed by atoms with Crippen LogP contribution >= 0.6 is 12.4 Å². The quantitative estimate of drug-likeness (QED) is 0.393. The summed E-state index contributed by atoms with van der Waals surface area (Å²) in [7, 11) is 0. The van der Waals surface area contributed by atoms with E-state index in [1.165, 1.54) is 11.8 Å². The molecule has 2 heterocycles. The van der Waals surface area contributed by atoms with Crippen LogP contribution in [0.3, 0.4) is 0 Å². The van der Waals surface area contributed by atoms with Crippen molar-refractivity contribution in [3.8, 4) is 0 Å². The number of halogens is 1. The highest BCUT2D eigenvalue weighted by atomic mass is 35.5. The van der Waals surface area contributed by atoms with E-state index in [4.69, 9.17) is 9.47 Å². The third-order valence-electron chi connectivity index (χ3n) is 6.68. The molecular formula is C20H29ClN2O5. The number of ether oxygens (including phenoxy) is 2. The standard InChI is InChI=1S/C20H28N2O5.ClH/c1-12-10-20(27-14(3)23)11-13(2)15(12)16-17(20)19(25)22(18(16)24)5-4-21-6-8-26-9-7-21;/h10,13,15-17H,4-9,11H2,1-3H3;1H. The number of nitrogens with zero attached hydrogens (tertiary/aromatic N) is 2. The van der Waals surface area contributed by atoms with Crippen molar-refractivity contribution in [1.29, 1.82) is 0 Å². The molecule has 5 unspecified atom stereocenters. The van der Waals surface area contributed by atoms with E-state index in [1.807, 2.05) is 13.0 Å². The molecule has 156 valence electrons. The molecule has 2 bridgehead atoms. The fourth-order valence-electron chi connectivity index (χ4n) is 5.79. The van der Waals surface area contributed by atoms with Gasteiger partial charge in [0.15, 0.2) is 0 Å². The van der Waals surface area contributed by atoms with E-state index in [2.05, 4.69) is 11.8 Å². The Balaban J connectivity index is 0.00000225. The molecule has 5 aliphatic rings. The monoisotopic (exact) mass is 412 g/mol. The highest BCUT2D eigenvalue weighted by molar-refractivity contribution is 6.07. The Morgan fingerprint density at radius 3 is 2.50 bits per heavy atom. The highest BCUT2D eigenvalue weighted by Crippen LogP contribution is 2.58. The van der Waals surface area contributed by atoms with E-state index in [1.54, 1.807) is 0 Å². The molecule has 2 amide bonds. The first-order valence-electron chi connectivity index (χ1n) is 9.88. The lowest BCUT2D eigenvalue weighted by molar-refractivity contribution is -0.173. The molecule has 0 aromatic rings. The van der Waals surface area contributed by atoms with Gasteiger partial charge in [0, 0.05) is 33.1 Å². The summed E-state index contributed by atoms with van der Waals surface area (Å²) in [4.78, 5) is 41.9. The highest BCUT2D eigenvalue weighted by Gasteiger charge is 2.67. The lowest BCUT2D eigenvalue weighted by atomic mass is 9.54. The van der Waals surface area contributed by atoms with Crippen LogP contribution in [-0.2, 0) is 23.9 Å². The molecule has 28 heavy (non-hydrogen) atoms. The zero-order chi connectivity index (χ0) is 19.3. The van der Waals surface area contributed by atoms with Crippen molar-refractivity contribution in [3.05, 3.63) is 11.6 Å². The minimum atomic E-state index is -0.977. The third-order valence-corrected chi connectivity index (χ3v) is 6.68. The summed E-state index contributed by atoms with van der Waals surface area (Å²) in [6.07, 6.45) is 2.54. The minimum Gasteiger partial charge on any atom is -0.454 e. The van der Waals surface area contributed by atoms with Crippen molar-refractivity contribution < 1.29 is 23.9 Å². The normalized spacial score (nSPS) is 37.4. The van der Waals surface area contributed by atoms with Gasteiger partial charge in [0.25, 0.3) is 0 Å². The Labute approximate surface area is 171 Å². The zero-order valence-corrected chi connectivity index (χ0v) is 17.5. The van der Waals surface area contributed by atoms with E-state index in [0.717, 1.165) is 18.7 Å². The predicted octanol–water partition coefficient (Wildman–Crippen LogP) is 1.26. The van der Waals surface area contributed by atoms with Crippen LogP contribution in [-0.4, -0.2) is 72.6 Å². The maximum Gasteiger partial charge on any atom is 0.303 e. The molecule has 0 aromatic heterocycles. The van der Waals surface area contributed by atoms with Gasteiger partial charge in [0.2, 0.25) is 11.8 Å².